The number of nitrogens with zero attached hydrogens (tertiary/aromatic N) is 2. The van der Waals surface area contributed by atoms with Gasteiger partial charge in [0.05, 0.1) is 18.7 Å². The van der Waals surface area contributed by atoms with E-state index < -0.39 is 0 Å². The van der Waals surface area contributed by atoms with Crippen LogP contribution >= 0.6 is 11.8 Å². The Balaban J connectivity index is 1.54. The predicted molar refractivity (Wildman–Crippen MR) is 126 cm³/mol. The van der Waals surface area contributed by atoms with E-state index in [1.54, 1.807) is 7.11 Å². The van der Waals surface area contributed by atoms with Gasteiger partial charge in [0.2, 0.25) is 5.91 Å². The van der Waals surface area contributed by atoms with Gasteiger partial charge in [-0.3, -0.25) is 14.7 Å². The zero-order chi connectivity index (χ0) is 21.8. The van der Waals surface area contributed by atoms with Gasteiger partial charge in [-0.1, -0.05) is 18.2 Å². The van der Waals surface area contributed by atoms with Crippen LogP contribution in [0.5, 0.6) is 5.75 Å². The lowest BCUT2D eigenvalue weighted by Gasteiger charge is -2.25. The van der Waals surface area contributed by atoms with Crippen LogP contribution in [0.3, 0.4) is 0 Å². The molecular weight excluding hydrogens is 406 g/mol. The molecule has 0 radical (unpaired) electrons. The molecule has 2 atom stereocenters. The van der Waals surface area contributed by atoms with Gasteiger partial charge in [-0.25, -0.2) is 0 Å². The van der Waals surface area contributed by atoms with Crippen molar-refractivity contribution in [3.05, 3.63) is 66.4 Å². The quantitative estimate of drug-likeness (QED) is 0.592. The van der Waals surface area contributed by atoms with E-state index in [1.807, 2.05) is 62.1 Å². The first kappa shape index (κ1) is 21.7. The fourth-order valence-electron chi connectivity index (χ4n) is 4.13. The smallest absolute Gasteiger partial charge is 0.237 e. The van der Waals surface area contributed by atoms with Crippen LogP contribution in [0.1, 0.15) is 25.8 Å². The maximum absolute atomic E-state index is 13.0. The van der Waals surface area contributed by atoms with Crippen molar-refractivity contribution in [3.63, 3.8) is 0 Å². The van der Waals surface area contributed by atoms with E-state index in [4.69, 9.17) is 4.74 Å². The Morgan fingerprint density at radius 1 is 1.19 bits per heavy atom. The molecule has 2 heterocycles. The van der Waals surface area contributed by atoms with Crippen molar-refractivity contribution in [1.82, 2.24) is 15.2 Å². The standard InChI is InChI=1S/C25H29N3O2S/c1-17(2)27-25(29)24-14-21(31-20-10-8-19(30-3)9-11-20)16-28(24)15-18-12-13-26-23-7-5-4-6-22(18)23/h4-13,17,21,24H,14-16H2,1-3H3,(H,27,29)/t21-,24+/m1/s1. The maximum Gasteiger partial charge on any atom is 0.237 e. The van der Waals surface area contributed by atoms with E-state index in [1.165, 1.54) is 10.5 Å². The molecule has 0 bridgehead atoms. The molecule has 6 heteroatoms. The minimum absolute atomic E-state index is 0.117. The fourth-order valence-corrected chi connectivity index (χ4v) is 5.36. The third-order valence-corrected chi connectivity index (χ3v) is 6.79. The first-order valence-corrected chi connectivity index (χ1v) is 11.6. The normalized spacial score (nSPS) is 19.1. The van der Waals surface area contributed by atoms with Crippen LogP contribution in [0, 0.1) is 0 Å². The zero-order valence-electron chi connectivity index (χ0n) is 18.2. The van der Waals surface area contributed by atoms with Gasteiger partial charge in [0.1, 0.15) is 5.75 Å². The van der Waals surface area contributed by atoms with E-state index in [0.717, 1.165) is 36.2 Å². The van der Waals surface area contributed by atoms with E-state index >= 15 is 0 Å². The van der Waals surface area contributed by atoms with Crippen molar-refractivity contribution in [1.29, 1.82) is 0 Å². The molecular formula is C25H29N3O2S. The highest BCUT2D eigenvalue weighted by atomic mass is 32.2. The topological polar surface area (TPSA) is 54.5 Å². The Bertz CT molecular complexity index is 1030. The number of hydrogen-bond acceptors (Lipinski definition) is 5. The number of benzene rings is 2. The predicted octanol–water partition coefficient (Wildman–Crippen LogP) is 4.50. The number of carbonyl (C=O) groups is 1. The van der Waals surface area contributed by atoms with Crippen molar-refractivity contribution in [2.75, 3.05) is 13.7 Å². The average Bonchev–Trinajstić information content (AvgIpc) is 3.16. The van der Waals surface area contributed by atoms with Crippen molar-refractivity contribution in [3.8, 4) is 5.75 Å². The largest absolute Gasteiger partial charge is 0.497 e. The number of amides is 1. The number of ether oxygens (including phenoxy) is 1. The second kappa shape index (κ2) is 9.71. The number of hydrogen-bond donors (Lipinski definition) is 1. The van der Waals surface area contributed by atoms with Gasteiger partial charge >= 0.3 is 0 Å². The highest BCUT2D eigenvalue weighted by Crippen LogP contribution is 2.35. The van der Waals surface area contributed by atoms with Crippen LogP contribution in [0.4, 0.5) is 0 Å². The summed E-state index contributed by atoms with van der Waals surface area (Å²) in [6.07, 6.45) is 2.69. The lowest BCUT2D eigenvalue weighted by molar-refractivity contribution is -0.126. The number of pyridine rings is 1. The van der Waals surface area contributed by atoms with Crippen LogP contribution in [0.2, 0.25) is 0 Å². The minimum atomic E-state index is -0.134. The molecule has 2 aromatic carbocycles. The number of rotatable bonds is 7. The SMILES string of the molecule is COc1ccc(S[C@@H]2C[C@@H](C(=O)NC(C)C)N(Cc3ccnc4ccccc34)C2)cc1. The van der Waals surface area contributed by atoms with E-state index in [0.29, 0.717) is 5.25 Å². The lowest BCUT2D eigenvalue weighted by atomic mass is 10.1. The molecule has 1 aromatic heterocycles. The summed E-state index contributed by atoms with van der Waals surface area (Å²) in [5, 5.41) is 4.62. The van der Waals surface area contributed by atoms with Crippen LogP contribution in [0.25, 0.3) is 10.9 Å². The zero-order valence-corrected chi connectivity index (χ0v) is 19.1. The van der Waals surface area contributed by atoms with E-state index in [2.05, 4.69) is 39.5 Å². The van der Waals surface area contributed by atoms with Gasteiger partial charge in [0, 0.05) is 40.9 Å². The molecule has 0 unspecified atom stereocenters. The number of methoxy groups -OCH3 is 1. The number of fused-ring (bicyclic) bond motifs is 1. The molecule has 162 valence electrons. The number of carbonyl (C=O) groups excluding carboxylic acids is 1. The molecule has 5 nitrogen and oxygen atoms in total. The van der Waals surface area contributed by atoms with Crippen molar-refractivity contribution in [2.45, 2.75) is 49.0 Å². The summed E-state index contributed by atoms with van der Waals surface area (Å²) in [4.78, 5) is 21.0. The van der Waals surface area contributed by atoms with Crippen molar-refractivity contribution >= 4 is 28.6 Å². The molecule has 3 aromatic rings. The molecule has 31 heavy (non-hydrogen) atoms. The lowest BCUT2D eigenvalue weighted by Crippen LogP contribution is -2.45. The summed E-state index contributed by atoms with van der Waals surface area (Å²) in [7, 11) is 1.68. The molecule has 1 fully saturated rings. The van der Waals surface area contributed by atoms with Crippen LogP contribution in [-0.4, -0.2) is 46.8 Å². The molecule has 1 aliphatic heterocycles. The summed E-state index contributed by atoms with van der Waals surface area (Å²) in [6, 6.07) is 18.4. The average molecular weight is 436 g/mol. The number of nitrogens with one attached hydrogen (secondary N) is 1. The van der Waals surface area contributed by atoms with Gasteiger partial charge in [0.25, 0.3) is 0 Å². The molecule has 4 rings (SSSR count). The maximum atomic E-state index is 13.0. The second-order valence-electron chi connectivity index (χ2n) is 8.25. The summed E-state index contributed by atoms with van der Waals surface area (Å²) in [5.41, 5.74) is 2.20. The third kappa shape index (κ3) is 5.20. The van der Waals surface area contributed by atoms with Crippen LogP contribution < -0.4 is 10.1 Å². The highest BCUT2D eigenvalue weighted by molar-refractivity contribution is 8.00. The Kier molecular flexibility index (Phi) is 6.78. The second-order valence-corrected chi connectivity index (χ2v) is 9.62. The molecule has 1 amide bonds. The summed E-state index contributed by atoms with van der Waals surface area (Å²) >= 11 is 1.84. The van der Waals surface area contributed by atoms with Gasteiger partial charge in [0.15, 0.2) is 0 Å². The van der Waals surface area contributed by atoms with Gasteiger partial charge in [-0.15, -0.1) is 11.8 Å². The molecule has 1 N–H and O–H groups in total. The number of para-hydroxylation sites is 1. The molecule has 1 aliphatic rings. The number of thioether (sulfide) groups is 1. The number of likely N-dealkylation sites (tertiary alicyclic amines) is 1. The third-order valence-electron chi connectivity index (χ3n) is 5.57. The monoisotopic (exact) mass is 435 g/mol. The Morgan fingerprint density at radius 2 is 1.97 bits per heavy atom. The Hall–Kier alpha value is -2.57. The van der Waals surface area contributed by atoms with Crippen molar-refractivity contribution < 1.29 is 9.53 Å². The van der Waals surface area contributed by atoms with Crippen LogP contribution in [-0.2, 0) is 11.3 Å². The fraction of sp³-hybridized carbons (Fsp3) is 0.360. The van der Waals surface area contributed by atoms with Gasteiger partial charge in [-0.2, -0.15) is 0 Å². The molecule has 1 saturated heterocycles. The first-order valence-electron chi connectivity index (χ1n) is 10.7. The summed E-state index contributed by atoms with van der Waals surface area (Å²) < 4.78 is 5.27. The highest BCUT2D eigenvalue weighted by Gasteiger charge is 2.37. The summed E-state index contributed by atoms with van der Waals surface area (Å²) in [5.74, 6) is 0.974. The molecule has 0 aliphatic carbocycles. The van der Waals surface area contributed by atoms with E-state index in [9.17, 15) is 4.79 Å². The number of aromatic nitrogens is 1. The van der Waals surface area contributed by atoms with E-state index in [-0.39, 0.29) is 18.0 Å². The molecule has 0 saturated carbocycles. The molecule has 0 spiro atoms. The van der Waals surface area contributed by atoms with Gasteiger partial charge in [-0.05, 0) is 62.2 Å². The Morgan fingerprint density at radius 3 is 2.71 bits per heavy atom. The van der Waals surface area contributed by atoms with Gasteiger partial charge < -0.3 is 10.1 Å². The minimum Gasteiger partial charge on any atom is -0.497 e. The van der Waals surface area contributed by atoms with Crippen LogP contribution in [0.15, 0.2) is 65.7 Å². The first-order chi connectivity index (χ1) is 15.0. The Labute approximate surface area is 188 Å². The summed E-state index contributed by atoms with van der Waals surface area (Å²) in [6.45, 7) is 5.62. The van der Waals surface area contributed by atoms with Crippen molar-refractivity contribution in [2.24, 2.45) is 0 Å².